The maximum absolute atomic E-state index is 13.1. The number of nitrogens with zero attached hydrogens (tertiary/aromatic N) is 4. The standard InChI is InChI=1S/C19H27FN4O/c1-15-17(11-21-22(15)2)13-23-8-9-24(19(14-23)7-10-25)12-16-3-5-18(20)6-4-16/h3-6,11,19,25H,7-10,12-14H2,1-2H3/t19-/m1/s1. The van der Waals surface area contributed by atoms with Crippen LogP contribution in [0.25, 0.3) is 0 Å². The number of piperazine rings is 1. The number of hydrogen-bond acceptors (Lipinski definition) is 4. The SMILES string of the molecule is Cc1c(CN2CCN(Cc3ccc(F)cc3)[C@H](CCO)C2)cnn1C. The lowest BCUT2D eigenvalue weighted by atomic mass is 10.1. The van der Waals surface area contributed by atoms with E-state index in [4.69, 9.17) is 0 Å². The van der Waals surface area contributed by atoms with Crippen molar-refractivity contribution in [3.05, 3.63) is 53.1 Å². The zero-order valence-electron chi connectivity index (χ0n) is 15.0. The Balaban J connectivity index is 1.63. The molecule has 0 radical (unpaired) electrons. The number of hydrogen-bond donors (Lipinski definition) is 1. The molecule has 25 heavy (non-hydrogen) atoms. The molecule has 1 aromatic carbocycles. The first-order chi connectivity index (χ1) is 12.1. The summed E-state index contributed by atoms with van der Waals surface area (Å²) in [5, 5.41) is 13.8. The molecule has 3 rings (SSSR count). The van der Waals surface area contributed by atoms with Crippen molar-refractivity contribution in [3.63, 3.8) is 0 Å². The number of aliphatic hydroxyl groups excluding tert-OH is 1. The summed E-state index contributed by atoms with van der Waals surface area (Å²) in [5.41, 5.74) is 3.57. The zero-order valence-corrected chi connectivity index (χ0v) is 15.0. The van der Waals surface area contributed by atoms with Crippen LogP contribution in [0, 0.1) is 12.7 Å². The summed E-state index contributed by atoms with van der Waals surface area (Å²) < 4.78 is 15.0. The first-order valence-electron chi connectivity index (χ1n) is 8.86. The van der Waals surface area contributed by atoms with Crippen LogP contribution in [0.1, 0.15) is 23.2 Å². The Bertz CT molecular complexity index is 685. The van der Waals surface area contributed by atoms with Crippen LogP contribution in [0.15, 0.2) is 30.5 Å². The van der Waals surface area contributed by atoms with E-state index in [-0.39, 0.29) is 12.4 Å². The van der Waals surface area contributed by atoms with E-state index in [1.807, 2.05) is 30.1 Å². The summed E-state index contributed by atoms with van der Waals surface area (Å²) in [6.45, 7) is 6.83. The highest BCUT2D eigenvalue weighted by molar-refractivity contribution is 5.17. The third kappa shape index (κ3) is 4.45. The van der Waals surface area contributed by atoms with Gasteiger partial charge in [-0.1, -0.05) is 12.1 Å². The minimum atomic E-state index is -0.202. The monoisotopic (exact) mass is 346 g/mol. The summed E-state index contributed by atoms with van der Waals surface area (Å²) in [6, 6.07) is 7.02. The minimum Gasteiger partial charge on any atom is -0.396 e. The van der Waals surface area contributed by atoms with Gasteiger partial charge in [-0.15, -0.1) is 0 Å². The van der Waals surface area contributed by atoms with E-state index < -0.39 is 0 Å². The van der Waals surface area contributed by atoms with E-state index in [0.717, 1.165) is 44.7 Å². The Labute approximate surface area is 148 Å². The number of aliphatic hydroxyl groups is 1. The highest BCUT2D eigenvalue weighted by Gasteiger charge is 2.27. The van der Waals surface area contributed by atoms with Crippen LogP contribution in [0.2, 0.25) is 0 Å². The molecule has 1 atom stereocenters. The molecule has 2 aromatic rings. The van der Waals surface area contributed by atoms with E-state index in [9.17, 15) is 9.50 Å². The van der Waals surface area contributed by atoms with Gasteiger partial charge in [0.2, 0.25) is 0 Å². The Morgan fingerprint density at radius 1 is 1.20 bits per heavy atom. The fourth-order valence-corrected chi connectivity index (χ4v) is 3.50. The molecule has 1 saturated heterocycles. The Kier molecular flexibility index (Phi) is 5.83. The summed E-state index contributed by atoms with van der Waals surface area (Å²) in [4.78, 5) is 4.83. The van der Waals surface area contributed by atoms with Gasteiger partial charge in [-0.2, -0.15) is 5.10 Å². The molecule has 0 unspecified atom stereocenters. The molecule has 1 aromatic heterocycles. The van der Waals surface area contributed by atoms with Gasteiger partial charge in [0.05, 0.1) is 6.20 Å². The zero-order chi connectivity index (χ0) is 17.8. The lowest BCUT2D eigenvalue weighted by Crippen LogP contribution is -2.52. The molecule has 1 fully saturated rings. The summed E-state index contributed by atoms with van der Waals surface area (Å²) in [5.74, 6) is -0.202. The molecule has 0 bridgehead atoms. The number of benzene rings is 1. The van der Waals surface area contributed by atoms with Crippen molar-refractivity contribution in [1.29, 1.82) is 0 Å². The summed E-state index contributed by atoms with van der Waals surface area (Å²) >= 11 is 0. The molecule has 6 heteroatoms. The third-order valence-electron chi connectivity index (χ3n) is 5.18. The maximum Gasteiger partial charge on any atom is 0.123 e. The highest BCUT2D eigenvalue weighted by Crippen LogP contribution is 2.19. The van der Waals surface area contributed by atoms with Gasteiger partial charge in [0.1, 0.15) is 5.82 Å². The van der Waals surface area contributed by atoms with Crippen molar-refractivity contribution in [1.82, 2.24) is 19.6 Å². The molecule has 5 nitrogen and oxygen atoms in total. The molecule has 1 aliphatic heterocycles. The van der Waals surface area contributed by atoms with Gasteiger partial charge in [0.25, 0.3) is 0 Å². The van der Waals surface area contributed by atoms with Crippen LogP contribution in [0.4, 0.5) is 4.39 Å². The van der Waals surface area contributed by atoms with Crippen LogP contribution in [-0.4, -0.2) is 57.0 Å². The molecule has 136 valence electrons. The fourth-order valence-electron chi connectivity index (χ4n) is 3.50. The van der Waals surface area contributed by atoms with E-state index in [2.05, 4.69) is 21.8 Å². The van der Waals surface area contributed by atoms with Crippen molar-refractivity contribution < 1.29 is 9.50 Å². The largest absolute Gasteiger partial charge is 0.396 e. The van der Waals surface area contributed by atoms with Gasteiger partial charge in [-0.25, -0.2) is 4.39 Å². The van der Waals surface area contributed by atoms with Crippen LogP contribution >= 0.6 is 0 Å². The second kappa shape index (κ2) is 8.08. The number of aryl methyl sites for hydroxylation is 1. The van der Waals surface area contributed by atoms with Gasteiger partial charge < -0.3 is 5.11 Å². The quantitative estimate of drug-likeness (QED) is 0.868. The lowest BCUT2D eigenvalue weighted by molar-refractivity contribution is 0.0499. The molecule has 1 N–H and O–H groups in total. The Hall–Kier alpha value is -1.76. The normalized spacial score (nSPS) is 19.4. The van der Waals surface area contributed by atoms with E-state index in [1.165, 1.54) is 23.4 Å². The second-order valence-corrected chi connectivity index (χ2v) is 6.88. The summed E-state index contributed by atoms with van der Waals surface area (Å²) in [6.07, 6.45) is 2.70. The first kappa shape index (κ1) is 18.0. The molecular weight excluding hydrogens is 319 g/mol. The van der Waals surface area contributed by atoms with Gasteiger partial charge in [-0.05, 0) is 31.0 Å². The Morgan fingerprint density at radius 3 is 2.60 bits per heavy atom. The van der Waals surface area contributed by atoms with E-state index >= 15 is 0 Å². The van der Waals surface area contributed by atoms with Crippen molar-refractivity contribution in [2.24, 2.45) is 7.05 Å². The van der Waals surface area contributed by atoms with Crippen LogP contribution < -0.4 is 0 Å². The minimum absolute atomic E-state index is 0.185. The van der Waals surface area contributed by atoms with E-state index in [0.29, 0.717) is 6.04 Å². The van der Waals surface area contributed by atoms with Crippen molar-refractivity contribution >= 4 is 0 Å². The second-order valence-electron chi connectivity index (χ2n) is 6.88. The molecule has 2 heterocycles. The van der Waals surface area contributed by atoms with Crippen molar-refractivity contribution in [2.75, 3.05) is 26.2 Å². The molecular formula is C19H27FN4O. The highest BCUT2D eigenvalue weighted by atomic mass is 19.1. The van der Waals surface area contributed by atoms with Gasteiger partial charge in [0, 0.05) is 63.7 Å². The van der Waals surface area contributed by atoms with Crippen molar-refractivity contribution in [3.8, 4) is 0 Å². The fraction of sp³-hybridized carbons (Fsp3) is 0.526. The molecule has 0 spiro atoms. The smallest absolute Gasteiger partial charge is 0.123 e. The number of rotatable bonds is 6. The van der Waals surface area contributed by atoms with Gasteiger partial charge >= 0.3 is 0 Å². The number of halogens is 1. The maximum atomic E-state index is 13.1. The van der Waals surface area contributed by atoms with Gasteiger partial charge in [-0.3, -0.25) is 14.5 Å². The molecule has 0 saturated carbocycles. The van der Waals surface area contributed by atoms with Crippen molar-refractivity contribution in [2.45, 2.75) is 32.5 Å². The predicted octanol–water partition coefficient (Wildman–Crippen LogP) is 1.94. The molecule has 0 amide bonds. The van der Waals surface area contributed by atoms with Crippen LogP contribution in [-0.2, 0) is 20.1 Å². The molecule has 1 aliphatic rings. The Morgan fingerprint density at radius 2 is 1.96 bits per heavy atom. The van der Waals surface area contributed by atoms with Gasteiger partial charge in [0.15, 0.2) is 0 Å². The molecule has 0 aliphatic carbocycles. The number of aromatic nitrogens is 2. The average molecular weight is 346 g/mol. The lowest BCUT2D eigenvalue weighted by Gasteiger charge is -2.41. The van der Waals surface area contributed by atoms with Crippen LogP contribution in [0.3, 0.4) is 0 Å². The van der Waals surface area contributed by atoms with E-state index in [1.54, 1.807) is 0 Å². The topological polar surface area (TPSA) is 44.5 Å². The first-order valence-corrected chi connectivity index (χ1v) is 8.86. The van der Waals surface area contributed by atoms with Crippen LogP contribution in [0.5, 0.6) is 0 Å². The third-order valence-corrected chi connectivity index (χ3v) is 5.18. The average Bonchev–Trinajstić information content (AvgIpc) is 2.91. The summed E-state index contributed by atoms with van der Waals surface area (Å²) in [7, 11) is 1.97. The predicted molar refractivity (Wildman–Crippen MR) is 95.5 cm³/mol.